The number of hydrogen-bond donors (Lipinski definition) is 12. The van der Waals surface area contributed by atoms with E-state index < -0.39 is 124 Å². The van der Waals surface area contributed by atoms with Gasteiger partial charge in [0, 0.05) is 6.42 Å². The predicted octanol–water partition coefficient (Wildman–Crippen LogP) is 10.7. The Balaban J connectivity index is 1.30. The molecule has 0 aromatic rings. The van der Waals surface area contributed by atoms with Crippen LogP contribution in [0.15, 0.2) is 85.1 Å². The Labute approximate surface area is 565 Å². The molecule has 3 fully saturated rings. The third kappa shape index (κ3) is 36.7. The van der Waals surface area contributed by atoms with Crippen LogP contribution in [-0.2, 0) is 33.2 Å². The quantitative estimate of drug-likeness (QED) is 0.0199. The van der Waals surface area contributed by atoms with Gasteiger partial charge < -0.3 is 89.9 Å². The van der Waals surface area contributed by atoms with Crippen LogP contribution in [0.2, 0.25) is 0 Å². The van der Waals surface area contributed by atoms with Crippen LogP contribution in [-0.4, -0.2) is 193 Å². The van der Waals surface area contributed by atoms with Crippen molar-refractivity contribution in [2.24, 2.45) is 0 Å². The van der Waals surface area contributed by atoms with Crippen LogP contribution < -0.4 is 5.32 Å². The molecule has 3 saturated heterocycles. The number of carbonyl (C=O) groups excluding carboxylic acids is 1. The molecule has 17 unspecified atom stereocenters. The van der Waals surface area contributed by atoms with Gasteiger partial charge in [-0.1, -0.05) is 253 Å². The number of hydrogen-bond acceptors (Lipinski definition) is 18. The lowest BCUT2D eigenvalue weighted by Crippen LogP contribution is -2.66. The van der Waals surface area contributed by atoms with Gasteiger partial charge in [0.15, 0.2) is 18.9 Å². The summed E-state index contributed by atoms with van der Waals surface area (Å²) in [6.07, 6.45) is 46.1. The molecule has 544 valence electrons. The molecule has 3 aliphatic heterocycles. The highest BCUT2D eigenvalue weighted by Crippen LogP contribution is 2.33. The molecule has 0 aromatic heterocycles. The topological polar surface area (TPSA) is 307 Å². The summed E-state index contributed by atoms with van der Waals surface area (Å²) < 4.78 is 34.3. The molecular formula is C75H131NO18. The maximum absolute atomic E-state index is 13.4. The van der Waals surface area contributed by atoms with Crippen molar-refractivity contribution in [1.82, 2.24) is 5.32 Å². The van der Waals surface area contributed by atoms with E-state index in [2.05, 4.69) is 92.1 Å². The predicted molar refractivity (Wildman–Crippen MR) is 369 cm³/mol. The Morgan fingerprint density at radius 2 is 0.745 bits per heavy atom. The Morgan fingerprint density at radius 3 is 1.19 bits per heavy atom. The number of ether oxygens (including phenoxy) is 6. The maximum atomic E-state index is 13.4. The number of rotatable bonds is 56. The zero-order valence-corrected chi connectivity index (χ0v) is 57.7. The molecule has 1 amide bonds. The van der Waals surface area contributed by atoms with Gasteiger partial charge in [-0.2, -0.15) is 0 Å². The van der Waals surface area contributed by atoms with Crippen molar-refractivity contribution in [2.45, 2.75) is 356 Å². The van der Waals surface area contributed by atoms with Gasteiger partial charge in [-0.3, -0.25) is 4.79 Å². The van der Waals surface area contributed by atoms with E-state index >= 15 is 0 Å². The van der Waals surface area contributed by atoms with Crippen molar-refractivity contribution in [3.05, 3.63) is 85.1 Å². The Hall–Kier alpha value is -3.03. The minimum Gasteiger partial charge on any atom is -0.394 e. The van der Waals surface area contributed by atoms with Crippen molar-refractivity contribution >= 4 is 5.91 Å². The van der Waals surface area contributed by atoms with Gasteiger partial charge in [-0.05, 0) is 77.0 Å². The van der Waals surface area contributed by atoms with Gasteiger partial charge in [0.1, 0.15) is 73.2 Å². The SMILES string of the molecule is CC/C=C\C/C=C\C/C=C\C/C=C\CCCCCCCCCCCCCCCCCCCCCCCCCCC(=O)NC(COC1OC(CO)C(OC2OC(CO)C(OC3OC(CO)C(O)C(O)C3O)C(O)C2O)C(O)C1O)C(O)/C=C/CC/C=C/CC/C=C/CCCC. The molecule has 3 rings (SSSR count). The van der Waals surface area contributed by atoms with E-state index in [1.165, 1.54) is 148 Å². The first-order valence-corrected chi connectivity index (χ1v) is 36.8. The first-order chi connectivity index (χ1) is 45.8. The monoisotopic (exact) mass is 1330 g/mol. The molecule has 19 heteroatoms. The van der Waals surface area contributed by atoms with Crippen LogP contribution in [0.1, 0.15) is 251 Å². The first-order valence-electron chi connectivity index (χ1n) is 36.8. The minimum atomic E-state index is -1.98. The van der Waals surface area contributed by atoms with Crippen molar-refractivity contribution in [3.63, 3.8) is 0 Å². The summed E-state index contributed by atoms with van der Waals surface area (Å²) in [5, 5.41) is 120. The molecule has 0 spiro atoms. The van der Waals surface area contributed by atoms with Gasteiger partial charge in [-0.15, -0.1) is 0 Å². The van der Waals surface area contributed by atoms with E-state index in [9.17, 15) is 61.0 Å². The molecular weight excluding hydrogens is 1200 g/mol. The van der Waals surface area contributed by atoms with Crippen LogP contribution >= 0.6 is 0 Å². The maximum Gasteiger partial charge on any atom is 0.220 e. The summed E-state index contributed by atoms with van der Waals surface area (Å²) in [6.45, 7) is 1.54. The zero-order chi connectivity index (χ0) is 68.2. The number of nitrogens with one attached hydrogen (secondary N) is 1. The lowest BCUT2D eigenvalue weighted by Gasteiger charge is -2.48. The van der Waals surface area contributed by atoms with Crippen LogP contribution in [0, 0.1) is 0 Å². The fraction of sp³-hybridized carbons (Fsp3) is 0.800. The molecule has 17 atom stereocenters. The zero-order valence-electron chi connectivity index (χ0n) is 57.7. The second kappa shape index (κ2) is 55.8. The van der Waals surface area contributed by atoms with Gasteiger partial charge >= 0.3 is 0 Å². The van der Waals surface area contributed by atoms with Gasteiger partial charge in [0.2, 0.25) is 5.91 Å². The summed E-state index contributed by atoms with van der Waals surface area (Å²) in [6, 6.07) is -0.997. The van der Waals surface area contributed by atoms with Crippen molar-refractivity contribution < 1.29 is 89.4 Å². The van der Waals surface area contributed by atoms with Crippen LogP contribution in [0.4, 0.5) is 0 Å². The van der Waals surface area contributed by atoms with Crippen LogP contribution in [0.5, 0.6) is 0 Å². The number of unbranched alkanes of at least 4 members (excludes halogenated alkanes) is 28. The first kappa shape index (κ1) is 85.2. The summed E-state index contributed by atoms with van der Waals surface area (Å²) in [4.78, 5) is 13.4. The van der Waals surface area contributed by atoms with Crippen molar-refractivity contribution in [1.29, 1.82) is 0 Å². The molecule has 0 aliphatic carbocycles. The number of allylic oxidation sites excluding steroid dienone is 13. The number of carbonyl (C=O) groups is 1. The normalized spacial score (nSPS) is 27.9. The lowest BCUT2D eigenvalue weighted by molar-refractivity contribution is -0.379. The summed E-state index contributed by atoms with van der Waals surface area (Å²) in [5.41, 5.74) is 0. The minimum absolute atomic E-state index is 0.232. The molecule has 0 aromatic carbocycles. The average Bonchev–Trinajstić information content (AvgIpc) is 0.794. The second-order valence-corrected chi connectivity index (χ2v) is 26.0. The fourth-order valence-corrected chi connectivity index (χ4v) is 12.0. The summed E-state index contributed by atoms with van der Waals surface area (Å²) >= 11 is 0. The van der Waals surface area contributed by atoms with Gasteiger partial charge in [0.05, 0.1) is 38.6 Å². The molecule has 0 radical (unpaired) electrons. The highest BCUT2D eigenvalue weighted by Gasteiger charge is 2.53. The standard InChI is InChI=1S/C75H131NO18/c1-3-5-7-9-11-13-15-17-18-19-20-21-22-23-24-25-26-27-28-29-30-31-32-33-34-35-36-37-38-39-40-41-43-45-47-49-51-53-63(81)76-58(59(80)52-50-48-46-44-42-16-14-12-10-8-6-4-2)57-89-73-69(87)66(84)71(61(55-78)91-73)94-75-70(88)67(85)72(62(56-79)92-75)93-74-68(86)65(83)64(82)60(54-77)90-74/h5,7,10-13,17-18,20-21,42,44,50,52,58-62,64-75,77-80,82-88H,3-4,6,8-9,14-16,19,22-41,43,45-49,51,53-57H2,1-2H3,(H,76,81)/b7-5-,12-10+,13-11-,18-17-,21-20-,44-42+,52-50+. The van der Waals surface area contributed by atoms with E-state index in [1.54, 1.807) is 6.08 Å². The van der Waals surface area contributed by atoms with E-state index in [0.29, 0.717) is 12.8 Å². The van der Waals surface area contributed by atoms with E-state index in [4.69, 9.17) is 28.4 Å². The smallest absolute Gasteiger partial charge is 0.220 e. The molecule has 12 N–H and O–H groups in total. The van der Waals surface area contributed by atoms with Gasteiger partial charge in [-0.25, -0.2) is 0 Å². The lowest BCUT2D eigenvalue weighted by atomic mass is 9.96. The molecule has 3 heterocycles. The van der Waals surface area contributed by atoms with E-state index in [0.717, 1.165) is 70.6 Å². The Kier molecular flexibility index (Phi) is 50.6. The molecule has 0 bridgehead atoms. The second-order valence-electron chi connectivity index (χ2n) is 26.0. The van der Waals surface area contributed by atoms with Crippen LogP contribution in [0.25, 0.3) is 0 Å². The van der Waals surface area contributed by atoms with E-state index in [-0.39, 0.29) is 18.9 Å². The summed E-state index contributed by atoms with van der Waals surface area (Å²) in [5.74, 6) is -0.290. The number of aliphatic hydroxyl groups excluding tert-OH is 11. The Morgan fingerprint density at radius 1 is 0.394 bits per heavy atom. The molecule has 19 nitrogen and oxygen atoms in total. The largest absolute Gasteiger partial charge is 0.394 e. The molecule has 94 heavy (non-hydrogen) atoms. The third-order valence-corrected chi connectivity index (χ3v) is 17.9. The fourth-order valence-electron chi connectivity index (χ4n) is 12.0. The van der Waals surface area contributed by atoms with Gasteiger partial charge in [0.25, 0.3) is 0 Å². The number of aliphatic hydroxyl groups is 11. The number of amides is 1. The highest BCUT2D eigenvalue weighted by atomic mass is 16.8. The van der Waals surface area contributed by atoms with Crippen molar-refractivity contribution in [2.75, 3.05) is 26.4 Å². The van der Waals surface area contributed by atoms with Crippen LogP contribution in [0.3, 0.4) is 0 Å². The van der Waals surface area contributed by atoms with Crippen molar-refractivity contribution in [3.8, 4) is 0 Å². The van der Waals surface area contributed by atoms with E-state index in [1.807, 2.05) is 6.08 Å². The Bertz CT molecular complexity index is 2030. The average molecular weight is 1330 g/mol. The molecule has 3 aliphatic rings. The highest BCUT2D eigenvalue weighted by molar-refractivity contribution is 5.76. The molecule has 0 saturated carbocycles. The third-order valence-electron chi connectivity index (χ3n) is 17.9. The summed E-state index contributed by atoms with van der Waals surface area (Å²) in [7, 11) is 0.